The molecule has 1 atom stereocenters. The molecule has 0 aliphatic rings. The van der Waals surface area contributed by atoms with E-state index < -0.39 is 0 Å². The van der Waals surface area contributed by atoms with E-state index in [0.717, 1.165) is 30.7 Å². The molecule has 0 radical (unpaired) electrons. The van der Waals surface area contributed by atoms with E-state index in [0.29, 0.717) is 45.7 Å². The molecule has 0 fully saturated rings. The third-order valence-electron chi connectivity index (χ3n) is 7.21. The molecule has 0 saturated carbocycles. The van der Waals surface area contributed by atoms with Gasteiger partial charge in [-0.2, -0.15) is 0 Å². The second-order valence-corrected chi connectivity index (χ2v) is 12.5. The summed E-state index contributed by atoms with van der Waals surface area (Å²) in [5, 5.41) is 0. The topological polar surface area (TPSA) is 71.9 Å². The van der Waals surface area contributed by atoms with Crippen LogP contribution in [0.2, 0.25) is 0 Å². The lowest BCUT2D eigenvalue weighted by atomic mass is 10.0. The minimum absolute atomic E-state index is 0. The van der Waals surface area contributed by atoms with Gasteiger partial charge >= 0.3 is 6.01 Å². The van der Waals surface area contributed by atoms with E-state index in [2.05, 4.69) is 38.0 Å². The van der Waals surface area contributed by atoms with Crippen LogP contribution in [0.5, 0.6) is 6.01 Å². The summed E-state index contributed by atoms with van der Waals surface area (Å²) in [6.45, 7) is 7.80. The van der Waals surface area contributed by atoms with Gasteiger partial charge in [0.05, 0.1) is 67.4 Å². The zero-order valence-corrected chi connectivity index (χ0v) is 29.0. The lowest BCUT2D eigenvalue weighted by molar-refractivity contribution is -0.870. The Bertz CT molecular complexity index is 682. The normalized spacial score (nSPS) is 12.3. The molecule has 0 aliphatic carbocycles. The summed E-state index contributed by atoms with van der Waals surface area (Å²) < 4.78 is 29.8. The van der Waals surface area contributed by atoms with Crippen molar-refractivity contribution in [2.75, 3.05) is 80.5 Å². The number of quaternary nitrogens is 1. The van der Waals surface area contributed by atoms with E-state index in [9.17, 15) is 0 Å². The number of hydrogen-bond donors (Lipinski definition) is 0. The van der Waals surface area contributed by atoms with E-state index in [1.807, 2.05) is 0 Å². The minimum Gasteiger partial charge on any atom is -1.00 e. The number of hydrogen-bond acceptors (Lipinski definition) is 7. The largest absolute Gasteiger partial charge is 1.00 e. The summed E-state index contributed by atoms with van der Waals surface area (Å²) in [6.07, 6.45) is 25.0. The van der Waals surface area contributed by atoms with E-state index in [-0.39, 0.29) is 18.5 Å². The van der Waals surface area contributed by atoms with Crippen LogP contribution in [0.4, 0.5) is 0 Å². The zero-order chi connectivity index (χ0) is 30.4. The van der Waals surface area contributed by atoms with Crippen LogP contribution in [-0.2, 0) is 18.9 Å². The second-order valence-electron chi connectivity index (χ2n) is 12.5. The third-order valence-corrected chi connectivity index (χ3v) is 7.21. The molecule has 0 amide bonds. The first-order valence-corrected chi connectivity index (χ1v) is 17.1. The molecule has 9 heteroatoms. The van der Waals surface area contributed by atoms with Crippen molar-refractivity contribution in [1.29, 1.82) is 0 Å². The van der Waals surface area contributed by atoms with Gasteiger partial charge in [-0.15, -0.1) is 0 Å². The fourth-order valence-electron chi connectivity index (χ4n) is 4.57. The Labute approximate surface area is 271 Å². The molecule has 0 aliphatic heterocycles. The molecule has 8 nitrogen and oxygen atoms in total. The lowest BCUT2D eigenvalue weighted by Crippen LogP contribution is -3.00. The molecule has 1 aromatic heterocycles. The SMILES string of the molecule is CCCCCCCCCCCCCCCCCCOCC(COCCOCCOCC[N+](C)(C)C)Oc1ncccn1.[Cl-]. The highest BCUT2D eigenvalue weighted by Gasteiger charge is 2.13. The number of rotatable bonds is 32. The number of aromatic nitrogens is 2. The van der Waals surface area contributed by atoms with Crippen molar-refractivity contribution >= 4 is 0 Å². The van der Waals surface area contributed by atoms with Crippen molar-refractivity contribution in [2.45, 2.75) is 116 Å². The molecular formula is C34H66ClN3O5. The molecule has 0 saturated heterocycles. The first kappa shape index (κ1) is 42.0. The Morgan fingerprint density at radius 3 is 1.47 bits per heavy atom. The molecule has 1 aromatic rings. The van der Waals surface area contributed by atoms with Gasteiger partial charge in [0.15, 0.2) is 0 Å². The monoisotopic (exact) mass is 631 g/mol. The van der Waals surface area contributed by atoms with Crippen molar-refractivity contribution in [3.05, 3.63) is 18.5 Å². The number of unbranched alkanes of at least 4 members (excludes halogenated alkanes) is 15. The zero-order valence-electron chi connectivity index (χ0n) is 28.2. The molecule has 1 rings (SSSR count). The van der Waals surface area contributed by atoms with Gasteiger partial charge in [-0.05, 0) is 12.5 Å². The number of halogens is 1. The Balaban J connectivity index is 0.0000176. The van der Waals surface area contributed by atoms with Gasteiger partial charge in [0.2, 0.25) is 0 Å². The maximum atomic E-state index is 5.93. The standard InChI is InChI=1S/C34H66N3O5.ClH/c1-5-6-7-8-9-10-11-12-13-14-15-16-17-18-19-20-25-40-31-33(42-34-35-22-21-23-36-34)32-41-30-29-39-28-27-38-26-24-37(2,3)4;/h21-23,33H,5-20,24-32H2,1-4H3;1H/q+1;/p-1. The van der Waals surface area contributed by atoms with E-state index in [1.165, 1.54) is 96.3 Å². The quantitative estimate of drug-likeness (QED) is 0.0869. The van der Waals surface area contributed by atoms with Gasteiger partial charge in [0.1, 0.15) is 12.6 Å². The van der Waals surface area contributed by atoms with Crippen LogP contribution >= 0.6 is 0 Å². The van der Waals surface area contributed by atoms with Crippen LogP contribution in [0, 0.1) is 0 Å². The lowest BCUT2D eigenvalue weighted by Gasteiger charge is -2.23. The highest BCUT2D eigenvalue weighted by Crippen LogP contribution is 2.14. The molecule has 43 heavy (non-hydrogen) atoms. The molecule has 0 spiro atoms. The van der Waals surface area contributed by atoms with Gasteiger partial charge in [-0.25, -0.2) is 9.97 Å². The summed E-state index contributed by atoms with van der Waals surface area (Å²) in [5.74, 6) is 0. The van der Waals surface area contributed by atoms with Crippen molar-refractivity contribution in [3.8, 4) is 6.01 Å². The fraction of sp³-hybridized carbons (Fsp3) is 0.882. The molecule has 0 N–H and O–H groups in total. The third kappa shape index (κ3) is 30.8. The molecule has 254 valence electrons. The van der Waals surface area contributed by atoms with Crippen LogP contribution < -0.4 is 17.1 Å². The van der Waals surface area contributed by atoms with Crippen molar-refractivity contribution in [2.24, 2.45) is 0 Å². The summed E-state index contributed by atoms with van der Waals surface area (Å²) in [4.78, 5) is 8.35. The number of nitrogens with zero attached hydrogens (tertiary/aromatic N) is 3. The average molecular weight is 632 g/mol. The highest BCUT2D eigenvalue weighted by atomic mass is 35.5. The van der Waals surface area contributed by atoms with Crippen LogP contribution in [-0.4, -0.2) is 101 Å². The average Bonchev–Trinajstić information content (AvgIpc) is 2.97. The van der Waals surface area contributed by atoms with Gasteiger partial charge < -0.3 is 40.6 Å². The molecule has 1 heterocycles. The summed E-state index contributed by atoms with van der Waals surface area (Å²) in [5.41, 5.74) is 0. The smallest absolute Gasteiger partial charge is 0.316 e. The first-order chi connectivity index (χ1) is 20.5. The summed E-state index contributed by atoms with van der Waals surface area (Å²) >= 11 is 0. The first-order valence-electron chi connectivity index (χ1n) is 17.1. The van der Waals surface area contributed by atoms with E-state index >= 15 is 0 Å². The van der Waals surface area contributed by atoms with E-state index in [1.54, 1.807) is 18.5 Å². The predicted octanol–water partition coefficient (Wildman–Crippen LogP) is 4.26. The van der Waals surface area contributed by atoms with Gasteiger partial charge in [0, 0.05) is 19.0 Å². The Hall–Kier alpha value is -1.03. The number of likely N-dealkylation sites (N-methyl/N-ethyl adjacent to an activating group) is 1. The Kier molecular flexibility index (Phi) is 30.2. The van der Waals surface area contributed by atoms with Gasteiger partial charge in [-0.1, -0.05) is 103 Å². The maximum absolute atomic E-state index is 5.93. The molecule has 0 bridgehead atoms. The molecule has 1 unspecified atom stereocenters. The maximum Gasteiger partial charge on any atom is 0.316 e. The fourth-order valence-corrected chi connectivity index (χ4v) is 4.57. The highest BCUT2D eigenvalue weighted by molar-refractivity contribution is 4.94. The molecular weight excluding hydrogens is 566 g/mol. The summed E-state index contributed by atoms with van der Waals surface area (Å²) in [7, 11) is 6.47. The van der Waals surface area contributed by atoms with Crippen molar-refractivity contribution < 1.29 is 40.6 Å². The van der Waals surface area contributed by atoms with Crippen molar-refractivity contribution in [3.63, 3.8) is 0 Å². The number of ether oxygens (including phenoxy) is 5. The van der Waals surface area contributed by atoms with Crippen LogP contribution in [0.3, 0.4) is 0 Å². The summed E-state index contributed by atoms with van der Waals surface area (Å²) in [6, 6.07) is 2.12. The van der Waals surface area contributed by atoms with Crippen LogP contribution in [0.25, 0.3) is 0 Å². The Morgan fingerprint density at radius 1 is 0.558 bits per heavy atom. The minimum atomic E-state index is -0.257. The van der Waals surface area contributed by atoms with Gasteiger partial charge in [-0.3, -0.25) is 0 Å². The van der Waals surface area contributed by atoms with Crippen LogP contribution in [0.15, 0.2) is 18.5 Å². The Morgan fingerprint density at radius 2 is 0.977 bits per heavy atom. The molecule has 0 aromatic carbocycles. The second kappa shape index (κ2) is 31.0. The predicted molar refractivity (Wildman–Crippen MR) is 172 cm³/mol. The van der Waals surface area contributed by atoms with E-state index in [4.69, 9.17) is 23.7 Å². The van der Waals surface area contributed by atoms with Crippen molar-refractivity contribution in [1.82, 2.24) is 9.97 Å². The van der Waals surface area contributed by atoms with Gasteiger partial charge in [0.25, 0.3) is 0 Å². The van der Waals surface area contributed by atoms with Crippen LogP contribution in [0.1, 0.15) is 110 Å².